The monoisotopic (exact) mass is 157 g/mol. The number of allylic oxidation sites excluding steroid dienone is 1. The van der Waals surface area contributed by atoms with Gasteiger partial charge in [0, 0.05) is 0 Å². The van der Waals surface area contributed by atoms with Crippen molar-refractivity contribution >= 4 is 0 Å². The van der Waals surface area contributed by atoms with Gasteiger partial charge in [-0.3, -0.25) is 0 Å². The molecule has 2 heteroatoms. The minimum atomic E-state index is 0.563. The van der Waals surface area contributed by atoms with Crippen LogP contribution in [0.1, 0.15) is 33.6 Å². The van der Waals surface area contributed by atoms with E-state index < -0.39 is 0 Å². The van der Waals surface area contributed by atoms with Crippen molar-refractivity contribution in [2.45, 2.75) is 33.6 Å². The summed E-state index contributed by atoms with van der Waals surface area (Å²) >= 11 is 0. The summed E-state index contributed by atoms with van der Waals surface area (Å²) in [5.74, 6) is 1.25. The van der Waals surface area contributed by atoms with Crippen LogP contribution >= 0.6 is 0 Å². The molecule has 2 nitrogen and oxygen atoms in total. The van der Waals surface area contributed by atoms with Gasteiger partial charge in [0.15, 0.2) is 5.88 Å². The highest BCUT2D eigenvalue weighted by atomic mass is 16.5. The molecular formula is C9H19NO. The molecule has 0 aliphatic rings. The van der Waals surface area contributed by atoms with Gasteiger partial charge < -0.3 is 10.5 Å². The third kappa shape index (κ3) is 7.23. The average molecular weight is 157 g/mol. The second-order valence-corrected chi connectivity index (χ2v) is 3.05. The maximum absolute atomic E-state index is 5.51. The summed E-state index contributed by atoms with van der Waals surface area (Å²) in [6.07, 6.45) is 3.89. The van der Waals surface area contributed by atoms with Crippen molar-refractivity contribution in [3.05, 3.63) is 12.0 Å². The van der Waals surface area contributed by atoms with E-state index in [1.54, 1.807) is 0 Å². The van der Waals surface area contributed by atoms with E-state index in [0.717, 1.165) is 19.4 Å². The number of hydrogen-bond acceptors (Lipinski definition) is 2. The molecule has 0 radical (unpaired) electrons. The Kier molecular flexibility index (Phi) is 5.71. The zero-order chi connectivity index (χ0) is 8.69. The van der Waals surface area contributed by atoms with Crippen molar-refractivity contribution in [2.75, 3.05) is 6.61 Å². The summed E-state index contributed by atoms with van der Waals surface area (Å²) in [7, 11) is 0. The first-order valence-electron chi connectivity index (χ1n) is 4.25. The number of hydrogen-bond donors (Lipinski definition) is 1. The lowest BCUT2D eigenvalue weighted by Crippen LogP contribution is -2.05. The molecule has 0 aliphatic carbocycles. The largest absolute Gasteiger partial charge is 0.480 e. The predicted octanol–water partition coefficient (Wildman–Crippen LogP) is 2.26. The van der Waals surface area contributed by atoms with E-state index in [0.29, 0.717) is 11.8 Å². The van der Waals surface area contributed by atoms with E-state index in [1.807, 2.05) is 13.0 Å². The molecule has 11 heavy (non-hydrogen) atoms. The van der Waals surface area contributed by atoms with Crippen molar-refractivity contribution < 1.29 is 4.74 Å². The van der Waals surface area contributed by atoms with Gasteiger partial charge in [0.2, 0.25) is 0 Å². The summed E-state index contributed by atoms with van der Waals surface area (Å²) in [6.45, 7) is 7.12. The predicted molar refractivity (Wildman–Crippen MR) is 48.0 cm³/mol. The molecule has 0 aromatic carbocycles. The van der Waals surface area contributed by atoms with Gasteiger partial charge >= 0.3 is 0 Å². The van der Waals surface area contributed by atoms with Gasteiger partial charge in [-0.1, -0.05) is 20.8 Å². The van der Waals surface area contributed by atoms with Crippen LogP contribution in [0.15, 0.2) is 12.0 Å². The van der Waals surface area contributed by atoms with Gasteiger partial charge in [0.25, 0.3) is 0 Å². The van der Waals surface area contributed by atoms with Gasteiger partial charge in [-0.25, -0.2) is 0 Å². The van der Waals surface area contributed by atoms with Gasteiger partial charge in [-0.15, -0.1) is 0 Å². The molecule has 0 rings (SSSR count). The molecule has 0 saturated heterocycles. The second-order valence-electron chi connectivity index (χ2n) is 3.05. The smallest absolute Gasteiger partial charge is 0.179 e. The average Bonchev–Trinajstić information content (AvgIpc) is 1.87. The molecule has 0 amide bonds. The Hall–Kier alpha value is -0.660. The number of nitrogens with two attached hydrogens (primary N) is 1. The maximum atomic E-state index is 5.51. The molecule has 66 valence electrons. The van der Waals surface area contributed by atoms with Crippen molar-refractivity contribution in [1.29, 1.82) is 0 Å². The molecule has 0 bridgehead atoms. The van der Waals surface area contributed by atoms with Crippen LogP contribution in [0.3, 0.4) is 0 Å². The van der Waals surface area contributed by atoms with Crippen LogP contribution in [-0.2, 0) is 4.74 Å². The molecule has 0 saturated carbocycles. The second kappa shape index (κ2) is 6.08. The quantitative estimate of drug-likeness (QED) is 0.621. The van der Waals surface area contributed by atoms with Crippen LogP contribution < -0.4 is 5.73 Å². The van der Waals surface area contributed by atoms with E-state index in [9.17, 15) is 0 Å². The Morgan fingerprint density at radius 2 is 2.18 bits per heavy atom. The molecule has 0 heterocycles. The van der Waals surface area contributed by atoms with Crippen molar-refractivity contribution in [1.82, 2.24) is 0 Å². The third-order valence-electron chi connectivity index (χ3n) is 1.37. The summed E-state index contributed by atoms with van der Waals surface area (Å²) in [4.78, 5) is 0. The van der Waals surface area contributed by atoms with E-state index in [1.165, 1.54) is 0 Å². The summed E-state index contributed by atoms with van der Waals surface area (Å²) < 4.78 is 5.23. The summed E-state index contributed by atoms with van der Waals surface area (Å²) in [5, 5.41) is 0. The Morgan fingerprint density at radius 1 is 1.55 bits per heavy atom. The topological polar surface area (TPSA) is 35.2 Å². The fourth-order valence-corrected chi connectivity index (χ4v) is 0.673. The Balaban J connectivity index is 3.31. The fraction of sp³-hybridized carbons (Fsp3) is 0.778. The van der Waals surface area contributed by atoms with Crippen LogP contribution in [0.2, 0.25) is 0 Å². The van der Waals surface area contributed by atoms with Gasteiger partial charge in [0.1, 0.15) is 0 Å². The molecule has 0 atom stereocenters. The minimum Gasteiger partial charge on any atom is -0.480 e. The van der Waals surface area contributed by atoms with E-state index in [4.69, 9.17) is 10.5 Å². The lowest BCUT2D eigenvalue weighted by atomic mass is 10.1. The van der Waals surface area contributed by atoms with Crippen LogP contribution in [0.5, 0.6) is 0 Å². The van der Waals surface area contributed by atoms with Gasteiger partial charge in [0.05, 0.1) is 6.61 Å². The maximum Gasteiger partial charge on any atom is 0.179 e. The first kappa shape index (κ1) is 10.3. The van der Waals surface area contributed by atoms with Crippen LogP contribution in [-0.4, -0.2) is 6.61 Å². The van der Waals surface area contributed by atoms with Crippen LogP contribution in [0.25, 0.3) is 0 Å². The first-order valence-corrected chi connectivity index (χ1v) is 4.25. The first-order chi connectivity index (χ1) is 5.16. The Labute approximate surface area is 69.4 Å². The van der Waals surface area contributed by atoms with Crippen molar-refractivity contribution in [3.8, 4) is 0 Å². The Morgan fingerprint density at radius 3 is 2.64 bits per heavy atom. The minimum absolute atomic E-state index is 0.563. The number of rotatable bonds is 5. The zero-order valence-corrected chi connectivity index (χ0v) is 7.76. The van der Waals surface area contributed by atoms with E-state index in [2.05, 4.69) is 13.8 Å². The molecule has 2 N–H and O–H groups in total. The van der Waals surface area contributed by atoms with Crippen molar-refractivity contribution in [2.24, 2.45) is 11.7 Å². The van der Waals surface area contributed by atoms with E-state index >= 15 is 0 Å². The Bertz CT molecular complexity index is 119. The SMILES string of the molecule is CC/C=C(\N)OCCC(C)C. The number of ether oxygens (including phenoxy) is 1. The summed E-state index contributed by atoms with van der Waals surface area (Å²) in [5.41, 5.74) is 5.51. The molecule has 0 fully saturated rings. The molecular weight excluding hydrogens is 138 g/mol. The highest BCUT2D eigenvalue weighted by Gasteiger charge is 1.94. The zero-order valence-electron chi connectivity index (χ0n) is 7.76. The highest BCUT2D eigenvalue weighted by Crippen LogP contribution is 2.00. The van der Waals surface area contributed by atoms with Crippen molar-refractivity contribution in [3.63, 3.8) is 0 Å². The van der Waals surface area contributed by atoms with Crippen LogP contribution in [0.4, 0.5) is 0 Å². The molecule has 0 aromatic heterocycles. The lowest BCUT2D eigenvalue weighted by Gasteiger charge is -2.07. The lowest BCUT2D eigenvalue weighted by molar-refractivity contribution is 0.192. The van der Waals surface area contributed by atoms with Gasteiger partial charge in [-0.05, 0) is 24.8 Å². The normalized spacial score (nSPS) is 12.2. The standard InChI is InChI=1S/C9H19NO/c1-4-5-9(10)11-7-6-8(2)3/h5,8H,4,6-7,10H2,1-3H3/b9-5+. The molecule has 0 aliphatic heterocycles. The van der Waals surface area contributed by atoms with Crippen LogP contribution in [0, 0.1) is 5.92 Å². The van der Waals surface area contributed by atoms with Gasteiger partial charge in [-0.2, -0.15) is 0 Å². The third-order valence-corrected chi connectivity index (χ3v) is 1.37. The fourth-order valence-electron chi connectivity index (χ4n) is 0.673. The molecule has 0 unspecified atom stereocenters. The molecule has 0 spiro atoms. The summed E-state index contributed by atoms with van der Waals surface area (Å²) in [6, 6.07) is 0. The van der Waals surface area contributed by atoms with E-state index in [-0.39, 0.29) is 0 Å². The highest BCUT2D eigenvalue weighted by molar-refractivity contribution is 4.85. The molecule has 0 aromatic rings.